The van der Waals surface area contributed by atoms with Crippen LogP contribution in [0.4, 0.5) is 10.2 Å². The molecular formula is C24H27ClFN5O5. The number of nitrogens with one attached hydrogen (secondary N) is 4. The Kier molecular flexibility index (Phi) is 6.01. The fraction of sp³-hybridized carbons (Fsp3) is 0.583. The Morgan fingerprint density at radius 3 is 2.53 bits per heavy atom. The van der Waals surface area contributed by atoms with Crippen molar-refractivity contribution in [2.45, 2.75) is 75.7 Å². The number of rotatable bonds is 9. The minimum atomic E-state index is -1.27. The molecule has 5 aliphatic rings. The third-order valence-corrected chi connectivity index (χ3v) is 7.66. The van der Waals surface area contributed by atoms with Crippen molar-refractivity contribution in [3.05, 3.63) is 22.8 Å². The number of pyridine rings is 1. The lowest BCUT2D eigenvalue weighted by Gasteiger charge is -2.64. The summed E-state index contributed by atoms with van der Waals surface area (Å²) in [6.45, 7) is 1.83. The van der Waals surface area contributed by atoms with E-state index in [9.17, 15) is 28.4 Å². The fourth-order valence-electron chi connectivity index (χ4n) is 5.41. The first kappa shape index (κ1) is 24.6. The predicted molar refractivity (Wildman–Crippen MR) is 126 cm³/mol. The molecule has 3 atom stereocenters. The van der Waals surface area contributed by atoms with Crippen molar-refractivity contribution in [2.75, 3.05) is 5.32 Å². The van der Waals surface area contributed by atoms with E-state index in [0.717, 1.165) is 12.8 Å². The van der Waals surface area contributed by atoms with Gasteiger partial charge in [0.25, 0.3) is 11.8 Å². The average molecular weight is 520 g/mol. The highest BCUT2D eigenvalue weighted by atomic mass is 35.5. The molecule has 0 radical (unpaired) electrons. The molecule has 4 N–H and O–H groups in total. The Morgan fingerprint density at radius 2 is 1.94 bits per heavy atom. The topological polar surface area (TPSA) is 146 Å². The van der Waals surface area contributed by atoms with E-state index in [1.807, 2.05) is 6.92 Å². The molecule has 36 heavy (non-hydrogen) atoms. The Labute approximate surface area is 211 Å². The highest BCUT2D eigenvalue weighted by Crippen LogP contribution is 2.69. The van der Waals surface area contributed by atoms with Gasteiger partial charge in [0.05, 0.1) is 22.0 Å². The smallest absolute Gasteiger partial charge is 0.289 e. The second kappa shape index (κ2) is 8.79. The maximum absolute atomic E-state index is 13.9. The summed E-state index contributed by atoms with van der Waals surface area (Å²) in [5.74, 6) is -3.79. The van der Waals surface area contributed by atoms with Crippen LogP contribution in [0.15, 0.2) is 12.3 Å². The standard InChI is InChI=1S/C24H27ClFN5O5/c1-11-4-12(19(33)28-11)5-16(17(32)21(35)29-14-2-3-14)30-20(34)15-6-13(25)7-27-18(15)31-22(36)23-8-24(26,9-23)10-23/h6-7,11-12,14,16H,2-5,8-10H2,1H3,(H,28,33)(H,29,35)(H,30,34)(H,27,31,36)/t11-,12+,16+,23?,24?/m1/s1. The Balaban J connectivity index is 1.33. The molecule has 10 nitrogen and oxygen atoms in total. The van der Waals surface area contributed by atoms with Crippen LogP contribution in [0.1, 0.15) is 62.2 Å². The van der Waals surface area contributed by atoms with Gasteiger partial charge in [-0.15, -0.1) is 0 Å². The quantitative estimate of drug-likeness (QED) is 0.363. The zero-order chi connectivity index (χ0) is 25.8. The molecule has 0 spiro atoms. The van der Waals surface area contributed by atoms with Crippen LogP contribution >= 0.6 is 11.6 Å². The summed E-state index contributed by atoms with van der Waals surface area (Å²) in [7, 11) is 0. The number of nitrogens with zero attached hydrogens (tertiary/aromatic N) is 1. The molecule has 192 valence electrons. The second-order valence-corrected chi connectivity index (χ2v) is 11.1. The highest BCUT2D eigenvalue weighted by molar-refractivity contribution is 6.38. The zero-order valence-electron chi connectivity index (χ0n) is 19.7. The van der Waals surface area contributed by atoms with Crippen LogP contribution in [0.25, 0.3) is 0 Å². The Bertz CT molecular complexity index is 1150. The van der Waals surface area contributed by atoms with E-state index in [0.29, 0.717) is 6.42 Å². The first-order valence-electron chi connectivity index (χ1n) is 12.1. The lowest BCUT2D eigenvalue weighted by molar-refractivity contribution is -0.209. The number of anilines is 1. The van der Waals surface area contributed by atoms with Crippen LogP contribution in [0.5, 0.6) is 0 Å². The zero-order valence-corrected chi connectivity index (χ0v) is 20.4. The van der Waals surface area contributed by atoms with Crippen molar-refractivity contribution in [1.29, 1.82) is 0 Å². The van der Waals surface area contributed by atoms with E-state index < -0.39 is 46.5 Å². The monoisotopic (exact) mass is 519 g/mol. The maximum atomic E-state index is 13.9. The predicted octanol–water partition coefficient (Wildman–Crippen LogP) is 1.43. The van der Waals surface area contributed by atoms with Gasteiger partial charge in [-0.3, -0.25) is 24.0 Å². The molecule has 2 bridgehead atoms. The van der Waals surface area contributed by atoms with E-state index in [1.54, 1.807) is 0 Å². The van der Waals surface area contributed by atoms with E-state index in [4.69, 9.17) is 11.6 Å². The van der Waals surface area contributed by atoms with Crippen molar-refractivity contribution in [3.63, 3.8) is 0 Å². The molecule has 1 aromatic heterocycles. The molecule has 6 rings (SSSR count). The van der Waals surface area contributed by atoms with E-state index in [1.165, 1.54) is 12.3 Å². The second-order valence-electron chi connectivity index (χ2n) is 10.7. The van der Waals surface area contributed by atoms with Crippen LogP contribution in [0, 0.1) is 11.3 Å². The summed E-state index contributed by atoms with van der Waals surface area (Å²) in [6.07, 6.45) is 3.61. The van der Waals surface area contributed by atoms with Crippen LogP contribution < -0.4 is 21.3 Å². The van der Waals surface area contributed by atoms with Gasteiger partial charge in [-0.2, -0.15) is 0 Å². The molecule has 0 aromatic carbocycles. The van der Waals surface area contributed by atoms with Crippen LogP contribution in [0.3, 0.4) is 0 Å². The van der Waals surface area contributed by atoms with E-state index >= 15 is 0 Å². The van der Waals surface area contributed by atoms with Crippen molar-refractivity contribution in [2.24, 2.45) is 11.3 Å². The summed E-state index contributed by atoms with van der Waals surface area (Å²) in [5.41, 5.74) is -2.18. The third kappa shape index (κ3) is 4.68. The van der Waals surface area contributed by atoms with Gasteiger partial charge in [-0.25, -0.2) is 9.37 Å². The van der Waals surface area contributed by atoms with Crippen molar-refractivity contribution in [1.82, 2.24) is 20.9 Å². The molecule has 1 saturated heterocycles. The molecule has 12 heteroatoms. The summed E-state index contributed by atoms with van der Waals surface area (Å²) in [6, 6.07) is -0.140. The number of halogens is 2. The summed E-state index contributed by atoms with van der Waals surface area (Å²) in [5, 5.41) is 10.7. The highest BCUT2D eigenvalue weighted by Gasteiger charge is 2.72. The van der Waals surface area contributed by atoms with Crippen LogP contribution in [-0.2, 0) is 19.2 Å². The Hall–Kier alpha value is -3.08. The number of hydrogen-bond donors (Lipinski definition) is 4. The summed E-state index contributed by atoms with van der Waals surface area (Å²) >= 11 is 6.05. The maximum Gasteiger partial charge on any atom is 0.289 e. The molecule has 5 fully saturated rings. The van der Waals surface area contributed by atoms with Crippen LogP contribution in [0.2, 0.25) is 5.02 Å². The molecule has 2 heterocycles. The van der Waals surface area contributed by atoms with Gasteiger partial charge < -0.3 is 21.3 Å². The molecule has 1 aliphatic heterocycles. The van der Waals surface area contributed by atoms with Crippen LogP contribution in [-0.4, -0.2) is 58.2 Å². The van der Waals surface area contributed by atoms with Gasteiger partial charge in [0.2, 0.25) is 17.6 Å². The van der Waals surface area contributed by atoms with Gasteiger partial charge in [-0.05, 0) is 57.9 Å². The van der Waals surface area contributed by atoms with Crippen molar-refractivity contribution >= 4 is 46.8 Å². The molecular weight excluding hydrogens is 493 g/mol. The number of alkyl halides is 1. The minimum Gasteiger partial charge on any atom is -0.353 e. The van der Waals surface area contributed by atoms with Gasteiger partial charge in [0.1, 0.15) is 11.5 Å². The van der Waals surface area contributed by atoms with Gasteiger partial charge in [-0.1, -0.05) is 11.6 Å². The Morgan fingerprint density at radius 1 is 1.25 bits per heavy atom. The molecule has 0 unspecified atom stereocenters. The lowest BCUT2D eigenvalue weighted by atomic mass is 9.42. The minimum absolute atomic E-state index is 0.0593. The number of amides is 4. The SMILES string of the molecule is C[C@@H]1C[C@@H](C[C@H](NC(=O)c2cc(Cl)cnc2NC(=O)C23CC(F)(C2)C3)C(=O)C(=O)NC2CC2)C(=O)N1. The lowest BCUT2D eigenvalue weighted by Crippen LogP contribution is -2.69. The van der Waals surface area contributed by atoms with Gasteiger partial charge >= 0.3 is 0 Å². The number of Topliss-reactive ketones (excluding diaryl/α,β-unsaturated/α-hetero) is 1. The van der Waals surface area contributed by atoms with E-state index in [2.05, 4.69) is 26.3 Å². The van der Waals surface area contributed by atoms with Gasteiger partial charge in [0.15, 0.2) is 0 Å². The normalized spacial score (nSPS) is 30.8. The fourth-order valence-corrected chi connectivity index (χ4v) is 5.57. The van der Waals surface area contributed by atoms with E-state index in [-0.39, 0.29) is 60.1 Å². The number of carbonyl (C=O) groups excluding carboxylic acids is 5. The largest absolute Gasteiger partial charge is 0.353 e. The number of hydrogen-bond acceptors (Lipinski definition) is 6. The summed E-state index contributed by atoms with van der Waals surface area (Å²) < 4.78 is 13.9. The average Bonchev–Trinajstić information content (AvgIpc) is 3.53. The first-order chi connectivity index (χ1) is 17.0. The molecule has 4 amide bonds. The molecule has 1 aromatic rings. The number of ketones is 1. The summed E-state index contributed by atoms with van der Waals surface area (Å²) in [4.78, 5) is 67.9. The van der Waals surface area contributed by atoms with Gasteiger partial charge in [0, 0.05) is 24.2 Å². The van der Waals surface area contributed by atoms with Crippen molar-refractivity contribution < 1.29 is 28.4 Å². The first-order valence-corrected chi connectivity index (χ1v) is 12.5. The molecule has 4 saturated carbocycles. The van der Waals surface area contributed by atoms with Crippen molar-refractivity contribution in [3.8, 4) is 0 Å². The third-order valence-electron chi connectivity index (χ3n) is 7.45. The number of carbonyl (C=O) groups is 5. The molecule has 4 aliphatic carbocycles. The number of aromatic nitrogens is 1.